The molecule has 1 amide bonds. The Bertz CT molecular complexity index is 477. The molecule has 1 aromatic carbocycles. The third-order valence-electron chi connectivity index (χ3n) is 3.25. The highest BCUT2D eigenvalue weighted by Gasteiger charge is 2.41. The van der Waals surface area contributed by atoms with Gasteiger partial charge in [0.2, 0.25) is 5.91 Å². The van der Waals surface area contributed by atoms with Gasteiger partial charge in [-0.15, -0.1) is 0 Å². The SMILES string of the molecule is CC(=O)Nc1ccc(OC2(CC(=O)O)CCC2)cc1. The van der Waals surface area contributed by atoms with Crippen LogP contribution >= 0.6 is 0 Å². The molecule has 0 unspecified atom stereocenters. The maximum absolute atomic E-state index is 10.9. The van der Waals surface area contributed by atoms with E-state index in [9.17, 15) is 9.59 Å². The van der Waals surface area contributed by atoms with Crippen molar-refractivity contribution in [2.75, 3.05) is 5.32 Å². The Hall–Kier alpha value is -2.04. The number of nitrogens with one attached hydrogen (secondary N) is 1. The Kier molecular flexibility index (Phi) is 3.74. The monoisotopic (exact) mass is 263 g/mol. The molecule has 1 aliphatic carbocycles. The second-order valence-electron chi connectivity index (χ2n) is 4.91. The molecule has 19 heavy (non-hydrogen) atoms. The minimum absolute atomic E-state index is 0.0282. The van der Waals surface area contributed by atoms with Crippen LogP contribution in [0, 0.1) is 0 Å². The lowest BCUT2D eigenvalue weighted by Crippen LogP contribution is -2.45. The first-order chi connectivity index (χ1) is 8.99. The predicted molar refractivity (Wildman–Crippen MR) is 70.2 cm³/mol. The van der Waals surface area contributed by atoms with Crippen LogP contribution in [-0.2, 0) is 9.59 Å². The molecule has 2 N–H and O–H groups in total. The van der Waals surface area contributed by atoms with E-state index in [-0.39, 0.29) is 12.3 Å². The lowest BCUT2D eigenvalue weighted by atomic mass is 9.77. The van der Waals surface area contributed by atoms with Crippen molar-refractivity contribution in [3.8, 4) is 5.75 Å². The summed E-state index contributed by atoms with van der Waals surface area (Å²) < 4.78 is 5.82. The molecule has 0 atom stereocenters. The van der Waals surface area contributed by atoms with Gasteiger partial charge in [-0.1, -0.05) is 0 Å². The lowest BCUT2D eigenvalue weighted by Gasteiger charge is -2.40. The van der Waals surface area contributed by atoms with Gasteiger partial charge in [0.05, 0.1) is 6.42 Å². The maximum atomic E-state index is 10.9. The van der Waals surface area contributed by atoms with Gasteiger partial charge in [0.25, 0.3) is 0 Å². The van der Waals surface area contributed by atoms with E-state index in [0.29, 0.717) is 11.4 Å². The molecule has 0 heterocycles. The number of aliphatic carboxylic acids is 1. The van der Waals surface area contributed by atoms with Gasteiger partial charge in [-0.25, -0.2) is 0 Å². The summed E-state index contributed by atoms with van der Waals surface area (Å²) in [5.74, 6) is -0.334. The highest BCUT2D eigenvalue weighted by Crippen LogP contribution is 2.39. The van der Waals surface area contributed by atoms with E-state index >= 15 is 0 Å². The highest BCUT2D eigenvalue weighted by molar-refractivity contribution is 5.88. The van der Waals surface area contributed by atoms with E-state index in [1.165, 1.54) is 6.92 Å². The van der Waals surface area contributed by atoms with Gasteiger partial charge in [-0.05, 0) is 43.5 Å². The van der Waals surface area contributed by atoms with Crippen molar-refractivity contribution in [1.82, 2.24) is 0 Å². The molecule has 5 heteroatoms. The molecule has 1 saturated carbocycles. The number of rotatable bonds is 5. The van der Waals surface area contributed by atoms with Gasteiger partial charge in [-0.3, -0.25) is 9.59 Å². The normalized spacial score (nSPS) is 16.3. The van der Waals surface area contributed by atoms with Crippen LogP contribution in [0.3, 0.4) is 0 Å². The number of benzene rings is 1. The number of anilines is 1. The largest absolute Gasteiger partial charge is 0.487 e. The van der Waals surface area contributed by atoms with Crippen LogP contribution in [0.15, 0.2) is 24.3 Å². The van der Waals surface area contributed by atoms with Crippen LogP contribution in [0.2, 0.25) is 0 Å². The van der Waals surface area contributed by atoms with Crippen LogP contribution in [0.1, 0.15) is 32.6 Å². The van der Waals surface area contributed by atoms with Gasteiger partial charge >= 0.3 is 5.97 Å². The van der Waals surface area contributed by atoms with E-state index < -0.39 is 11.6 Å². The van der Waals surface area contributed by atoms with Crippen molar-refractivity contribution in [2.45, 2.75) is 38.2 Å². The van der Waals surface area contributed by atoms with Crippen LogP contribution in [0.25, 0.3) is 0 Å². The summed E-state index contributed by atoms with van der Waals surface area (Å²) in [7, 11) is 0. The quantitative estimate of drug-likeness (QED) is 0.855. The summed E-state index contributed by atoms with van der Waals surface area (Å²) in [6.07, 6.45) is 2.57. The fourth-order valence-electron chi connectivity index (χ4n) is 2.22. The Morgan fingerprint density at radius 1 is 1.32 bits per heavy atom. The Labute approximate surface area is 111 Å². The fraction of sp³-hybridized carbons (Fsp3) is 0.429. The molecule has 102 valence electrons. The molecule has 0 bridgehead atoms. The molecule has 0 spiro atoms. The summed E-state index contributed by atoms with van der Waals surface area (Å²) in [4.78, 5) is 21.7. The van der Waals surface area contributed by atoms with Crippen molar-refractivity contribution >= 4 is 17.6 Å². The Balaban J connectivity index is 2.02. The Morgan fingerprint density at radius 2 is 1.95 bits per heavy atom. The zero-order valence-corrected chi connectivity index (χ0v) is 10.8. The smallest absolute Gasteiger partial charge is 0.307 e. The van der Waals surface area contributed by atoms with Crippen LogP contribution < -0.4 is 10.1 Å². The van der Waals surface area contributed by atoms with Crippen molar-refractivity contribution < 1.29 is 19.4 Å². The number of carbonyl (C=O) groups excluding carboxylic acids is 1. The average molecular weight is 263 g/mol. The first-order valence-corrected chi connectivity index (χ1v) is 6.28. The van der Waals surface area contributed by atoms with Gasteiger partial charge in [0.1, 0.15) is 11.4 Å². The Morgan fingerprint density at radius 3 is 2.37 bits per heavy atom. The summed E-state index contributed by atoms with van der Waals surface area (Å²) in [5.41, 5.74) is 0.141. The molecular formula is C14H17NO4. The predicted octanol–water partition coefficient (Wildman–Crippen LogP) is 2.42. The number of hydrogen-bond donors (Lipinski definition) is 2. The van der Waals surface area contributed by atoms with Gasteiger partial charge in [-0.2, -0.15) is 0 Å². The van der Waals surface area contributed by atoms with E-state index in [0.717, 1.165) is 19.3 Å². The fourth-order valence-corrected chi connectivity index (χ4v) is 2.22. The summed E-state index contributed by atoms with van der Waals surface area (Å²) in [6, 6.07) is 6.97. The number of carboxylic acids is 1. The third kappa shape index (κ3) is 3.47. The molecule has 1 aromatic rings. The van der Waals surface area contributed by atoms with Crippen LogP contribution in [0.5, 0.6) is 5.75 Å². The molecule has 0 aliphatic heterocycles. The maximum Gasteiger partial charge on any atom is 0.307 e. The summed E-state index contributed by atoms with van der Waals surface area (Å²) in [6.45, 7) is 1.45. The molecule has 0 saturated heterocycles. The van der Waals surface area contributed by atoms with Gasteiger partial charge in [0, 0.05) is 12.6 Å². The zero-order chi connectivity index (χ0) is 13.9. The summed E-state index contributed by atoms with van der Waals surface area (Å²) in [5, 5.41) is 11.6. The van der Waals surface area contributed by atoms with Gasteiger partial charge < -0.3 is 15.2 Å². The van der Waals surface area contributed by atoms with Crippen molar-refractivity contribution in [3.63, 3.8) is 0 Å². The number of hydrogen-bond acceptors (Lipinski definition) is 3. The zero-order valence-electron chi connectivity index (χ0n) is 10.8. The molecule has 1 aliphatic rings. The van der Waals surface area contributed by atoms with Crippen molar-refractivity contribution in [1.29, 1.82) is 0 Å². The van der Waals surface area contributed by atoms with E-state index in [1.807, 2.05) is 0 Å². The highest BCUT2D eigenvalue weighted by atomic mass is 16.5. The van der Waals surface area contributed by atoms with Crippen LogP contribution in [0.4, 0.5) is 5.69 Å². The number of carbonyl (C=O) groups is 2. The number of amides is 1. The molecule has 1 fully saturated rings. The first kappa shape index (κ1) is 13.4. The average Bonchev–Trinajstić information content (AvgIpc) is 2.27. The van der Waals surface area contributed by atoms with Crippen molar-refractivity contribution in [2.24, 2.45) is 0 Å². The molecule has 5 nitrogen and oxygen atoms in total. The standard InChI is InChI=1S/C14H17NO4/c1-10(16)15-11-3-5-12(6-4-11)19-14(7-2-8-14)9-13(17)18/h3-6H,2,7-9H2,1H3,(H,15,16)(H,17,18). The first-order valence-electron chi connectivity index (χ1n) is 6.28. The van der Waals surface area contributed by atoms with E-state index in [4.69, 9.17) is 9.84 Å². The van der Waals surface area contributed by atoms with Crippen molar-refractivity contribution in [3.05, 3.63) is 24.3 Å². The minimum atomic E-state index is -0.838. The molecule has 0 radical (unpaired) electrons. The number of ether oxygens (including phenoxy) is 1. The van der Waals surface area contributed by atoms with Gasteiger partial charge in [0.15, 0.2) is 0 Å². The van der Waals surface area contributed by atoms with Crippen LogP contribution in [-0.4, -0.2) is 22.6 Å². The second kappa shape index (κ2) is 5.30. The topological polar surface area (TPSA) is 75.6 Å². The lowest BCUT2D eigenvalue weighted by molar-refractivity contribution is -0.144. The second-order valence-corrected chi connectivity index (χ2v) is 4.91. The third-order valence-corrected chi connectivity index (χ3v) is 3.25. The molecule has 0 aromatic heterocycles. The molecular weight excluding hydrogens is 246 g/mol. The van der Waals surface area contributed by atoms with E-state index in [2.05, 4.69) is 5.32 Å². The van der Waals surface area contributed by atoms with E-state index in [1.54, 1.807) is 24.3 Å². The minimum Gasteiger partial charge on any atom is -0.487 e. The summed E-state index contributed by atoms with van der Waals surface area (Å²) >= 11 is 0. The number of carboxylic acid groups (broad SMARTS) is 1. The molecule has 2 rings (SSSR count).